The lowest BCUT2D eigenvalue weighted by Gasteiger charge is -2.13. The lowest BCUT2D eigenvalue weighted by molar-refractivity contribution is -0.384. The number of nitro benzene ring substituents is 1. The van der Waals surface area contributed by atoms with Gasteiger partial charge in [-0.25, -0.2) is 0 Å². The van der Waals surface area contributed by atoms with E-state index >= 15 is 0 Å². The summed E-state index contributed by atoms with van der Waals surface area (Å²) in [6.45, 7) is 0.605. The van der Waals surface area contributed by atoms with E-state index in [0.29, 0.717) is 33.9 Å². The number of thiocarbonyl (C=S) groups is 1. The summed E-state index contributed by atoms with van der Waals surface area (Å²) < 4.78 is 11.7. The Balaban J connectivity index is 1.30. The molecule has 0 radical (unpaired) electrons. The number of nitro groups is 1. The van der Waals surface area contributed by atoms with E-state index in [2.05, 4.69) is 0 Å². The number of amides is 1. The number of benzene rings is 3. The third-order valence-electron chi connectivity index (χ3n) is 4.65. The van der Waals surface area contributed by atoms with Gasteiger partial charge in [-0.05, 0) is 48.0 Å². The van der Waals surface area contributed by atoms with E-state index in [-0.39, 0.29) is 11.6 Å². The molecule has 1 aliphatic heterocycles. The van der Waals surface area contributed by atoms with Crippen LogP contribution in [0.2, 0.25) is 0 Å². The van der Waals surface area contributed by atoms with Crippen LogP contribution >= 0.6 is 24.0 Å². The number of nitrogens with zero attached hydrogens (tertiary/aromatic N) is 2. The Morgan fingerprint density at radius 3 is 2.06 bits per heavy atom. The molecule has 7 nitrogen and oxygen atoms in total. The number of ether oxygens (including phenoxy) is 2. The molecule has 1 fully saturated rings. The molecule has 9 heteroatoms. The molecule has 33 heavy (non-hydrogen) atoms. The Labute approximate surface area is 199 Å². The average molecular weight is 479 g/mol. The van der Waals surface area contributed by atoms with Crippen molar-refractivity contribution < 1.29 is 19.2 Å². The highest BCUT2D eigenvalue weighted by atomic mass is 32.2. The lowest BCUT2D eigenvalue weighted by atomic mass is 10.2. The van der Waals surface area contributed by atoms with E-state index in [9.17, 15) is 14.9 Å². The number of carbonyl (C=O) groups excluding carboxylic acids is 1. The molecule has 0 N–H and O–H groups in total. The van der Waals surface area contributed by atoms with Gasteiger partial charge in [-0.1, -0.05) is 54.3 Å². The summed E-state index contributed by atoms with van der Waals surface area (Å²) in [4.78, 5) is 25.1. The quantitative estimate of drug-likeness (QED) is 0.140. The van der Waals surface area contributed by atoms with Crippen LogP contribution in [0.1, 0.15) is 5.56 Å². The predicted octanol–water partition coefficient (Wildman–Crippen LogP) is 5.46. The van der Waals surface area contributed by atoms with Crippen molar-refractivity contribution in [1.29, 1.82) is 0 Å². The molecule has 0 saturated carbocycles. The number of hydrogen-bond acceptors (Lipinski definition) is 7. The number of para-hydroxylation sites is 1. The van der Waals surface area contributed by atoms with E-state index in [0.717, 1.165) is 11.3 Å². The molecule has 0 spiro atoms. The van der Waals surface area contributed by atoms with Crippen LogP contribution in [-0.4, -0.2) is 28.4 Å². The summed E-state index contributed by atoms with van der Waals surface area (Å²) in [5, 5.41) is 10.7. The van der Waals surface area contributed by atoms with Crippen LogP contribution in [0.15, 0.2) is 83.8 Å². The fourth-order valence-electron chi connectivity index (χ4n) is 3.06. The minimum absolute atomic E-state index is 0.0148. The molecular formula is C24H18N2O5S2. The second kappa shape index (κ2) is 10.3. The SMILES string of the molecule is O=C1C(=Cc2ccc(OCCOc3ccc([N+](=O)[O-])cc3)cc2)SC(=S)N1c1ccccc1. The highest BCUT2D eigenvalue weighted by molar-refractivity contribution is 8.27. The van der Waals surface area contributed by atoms with Crippen LogP contribution in [-0.2, 0) is 4.79 Å². The molecule has 4 rings (SSSR count). The summed E-state index contributed by atoms with van der Waals surface area (Å²) in [6, 6.07) is 22.6. The number of carbonyl (C=O) groups is 1. The van der Waals surface area contributed by atoms with E-state index in [4.69, 9.17) is 21.7 Å². The molecule has 1 aliphatic rings. The monoisotopic (exact) mass is 478 g/mol. The van der Waals surface area contributed by atoms with Gasteiger partial charge in [0.25, 0.3) is 11.6 Å². The predicted molar refractivity (Wildman–Crippen MR) is 133 cm³/mol. The second-order valence-corrected chi connectivity index (χ2v) is 8.55. The first-order valence-corrected chi connectivity index (χ1v) is 11.2. The Kier molecular flexibility index (Phi) is 7.01. The molecule has 3 aromatic rings. The maximum atomic E-state index is 12.8. The smallest absolute Gasteiger partial charge is 0.270 e. The van der Waals surface area contributed by atoms with Gasteiger partial charge in [-0.3, -0.25) is 19.8 Å². The summed E-state index contributed by atoms with van der Waals surface area (Å²) >= 11 is 6.67. The normalized spacial score (nSPS) is 14.5. The molecule has 0 aliphatic carbocycles. The third kappa shape index (κ3) is 5.57. The fraction of sp³-hybridized carbons (Fsp3) is 0.0833. The van der Waals surface area contributed by atoms with E-state index < -0.39 is 4.92 Å². The number of hydrogen-bond donors (Lipinski definition) is 0. The molecule has 1 heterocycles. The molecule has 0 bridgehead atoms. The molecule has 0 unspecified atom stereocenters. The Bertz CT molecular complexity index is 1200. The van der Waals surface area contributed by atoms with Gasteiger partial charge in [0.2, 0.25) is 0 Å². The summed E-state index contributed by atoms with van der Waals surface area (Å²) in [5.41, 5.74) is 1.63. The topological polar surface area (TPSA) is 81.9 Å². The maximum absolute atomic E-state index is 12.8. The Hall–Kier alpha value is -3.69. The van der Waals surface area contributed by atoms with Crippen molar-refractivity contribution in [2.45, 2.75) is 0 Å². The van der Waals surface area contributed by atoms with Gasteiger partial charge >= 0.3 is 0 Å². The van der Waals surface area contributed by atoms with Gasteiger partial charge in [0.05, 0.1) is 15.5 Å². The fourth-order valence-corrected chi connectivity index (χ4v) is 4.36. The van der Waals surface area contributed by atoms with Crippen molar-refractivity contribution in [3.63, 3.8) is 0 Å². The molecular weight excluding hydrogens is 460 g/mol. The van der Waals surface area contributed by atoms with Gasteiger partial charge < -0.3 is 9.47 Å². The van der Waals surface area contributed by atoms with Crippen LogP contribution in [0.5, 0.6) is 11.5 Å². The van der Waals surface area contributed by atoms with Crippen LogP contribution < -0.4 is 14.4 Å². The maximum Gasteiger partial charge on any atom is 0.270 e. The number of rotatable bonds is 8. The van der Waals surface area contributed by atoms with Crippen LogP contribution in [0.25, 0.3) is 6.08 Å². The first kappa shape index (κ1) is 22.5. The number of non-ortho nitro benzene ring substituents is 1. The Morgan fingerprint density at radius 2 is 1.48 bits per heavy atom. The van der Waals surface area contributed by atoms with Crippen molar-refractivity contribution >= 4 is 51.7 Å². The number of thioether (sulfide) groups is 1. The molecule has 1 saturated heterocycles. The number of anilines is 1. The standard InChI is InChI=1S/C24H18N2O5S2/c27-23-22(33-24(32)25(23)18-4-2-1-3-5-18)16-17-6-10-20(11-7-17)30-14-15-31-21-12-8-19(9-13-21)26(28)29/h1-13,16H,14-15H2. The molecule has 0 aromatic heterocycles. The van der Waals surface area contributed by atoms with Crippen molar-refractivity contribution in [3.05, 3.63) is 99.4 Å². The van der Waals surface area contributed by atoms with Crippen LogP contribution in [0, 0.1) is 10.1 Å². The third-order valence-corrected chi connectivity index (χ3v) is 5.96. The van der Waals surface area contributed by atoms with Crippen LogP contribution in [0.3, 0.4) is 0 Å². The minimum Gasteiger partial charge on any atom is -0.490 e. The first-order valence-electron chi connectivity index (χ1n) is 9.94. The van der Waals surface area contributed by atoms with E-state index in [1.54, 1.807) is 12.1 Å². The first-order chi connectivity index (χ1) is 16.0. The van der Waals surface area contributed by atoms with Gasteiger partial charge in [-0.15, -0.1) is 0 Å². The van der Waals surface area contributed by atoms with Gasteiger partial charge in [0.1, 0.15) is 24.7 Å². The summed E-state index contributed by atoms with van der Waals surface area (Å²) in [5.74, 6) is 1.06. The molecule has 166 valence electrons. The molecule has 3 aromatic carbocycles. The zero-order valence-electron chi connectivity index (χ0n) is 17.2. The van der Waals surface area contributed by atoms with Gasteiger partial charge in [-0.2, -0.15) is 0 Å². The van der Waals surface area contributed by atoms with Crippen molar-refractivity contribution in [3.8, 4) is 11.5 Å². The summed E-state index contributed by atoms with van der Waals surface area (Å²) in [7, 11) is 0. The largest absolute Gasteiger partial charge is 0.490 e. The van der Waals surface area contributed by atoms with E-state index in [1.165, 1.54) is 28.8 Å². The minimum atomic E-state index is -0.457. The lowest BCUT2D eigenvalue weighted by Crippen LogP contribution is -2.27. The van der Waals surface area contributed by atoms with Crippen molar-refractivity contribution in [2.75, 3.05) is 18.1 Å². The van der Waals surface area contributed by atoms with Gasteiger partial charge in [0, 0.05) is 12.1 Å². The summed E-state index contributed by atoms with van der Waals surface area (Å²) in [6.07, 6.45) is 1.81. The molecule has 0 atom stereocenters. The van der Waals surface area contributed by atoms with E-state index in [1.807, 2.05) is 60.7 Å². The van der Waals surface area contributed by atoms with Crippen molar-refractivity contribution in [1.82, 2.24) is 0 Å². The highest BCUT2D eigenvalue weighted by Crippen LogP contribution is 2.36. The zero-order valence-corrected chi connectivity index (χ0v) is 18.9. The molecule has 1 amide bonds. The second-order valence-electron chi connectivity index (χ2n) is 6.87. The zero-order chi connectivity index (χ0) is 23.2. The highest BCUT2D eigenvalue weighted by Gasteiger charge is 2.33. The average Bonchev–Trinajstić information content (AvgIpc) is 3.11. The van der Waals surface area contributed by atoms with Gasteiger partial charge in [0.15, 0.2) is 4.32 Å². The van der Waals surface area contributed by atoms with Crippen LogP contribution in [0.4, 0.5) is 11.4 Å². The van der Waals surface area contributed by atoms with Crippen molar-refractivity contribution in [2.24, 2.45) is 0 Å². The Morgan fingerprint density at radius 1 is 0.909 bits per heavy atom.